The molecule has 0 radical (unpaired) electrons. The van der Waals surface area contributed by atoms with Crippen molar-refractivity contribution in [3.05, 3.63) is 89.0 Å². The zero-order chi connectivity index (χ0) is 27.9. The van der Waals surface area contributed by atoms with Gasteiger partial charge < -0.3 is 14.8 Å². The number of hydrogen-bond acceptors (Lipinski definition) is 4. The summed E-state index contributed by atoms with van der Waals surface area (Å²) in [4.78, 5) is 24.6. The Labute approximate surface area is 221 Å². The zero-order valence-corrected chi connectivity index (χ0v) is 21.9. The minimum absolute atomic E-state index is 0.248. The van der Waals surface area contributed by atoms with Gasteiger partial charge >= 0.3 is 12.1 Å². The molecule has 0 heterocycles. The number of rotatable bonds is 10. The van der Waals surface area contributed by atoms with Crippen molar-refractivity contribution in [3.63, 3.8) is 0 Å². The fraction of sp³-hybridized carbons (Fsp3) is 0.333. The minimum Gasteiger partial charge on any atom is -0.476 e. The molecule has 202 valence electrons. The van der Waals surface area contributed by atoms with Crippen LogP contribution < -0.4 is 10.1 Å². The number of nitrogens with one attached hydrogen (secondary N) is 1. The van der Waals surface area contributed by atoms with Crippen molar-refractivity contribution in [2.45, 2.75) is 52.3 Å². The van der Waals surface area contributed by atoms with E-state index in [1.165, 1.54) is 6.07 Å². The first kappa shape index (κ1) is 28.8. The first-order valence-corrected chi connectivity index (χ1v) is 12.4. The van der Waals surface area contributed by atoms with Gasteiger partial charge in [-0.3, -0.25) is 4.79 Å². The number of hydrogen-bond donors (Lipinski definition) is 1. The topological polar surface area (TPSA) is 64.6 Å². The van der Waals surface area contributed by atoms with Crippen LogP contribution >= 0.6 is 0 Å². The Hall–Kier alpha value is -3.81. The van der Waals surface area contributed by atoms with Gasteiger partial charge in [0.05, 0.1) is 12.2 Å². The number of aryl methyl sites for hydroxylation is 2. The largest absolute Gasteiger partial charge is 0.476 e. The summed E-state index contributed by atoms with van der Waals surface area (Å²) in [6.45, 7) is 7.73. The summed E-state index contributed by atoms with van der Waals surface area (Å²) in [6, 6.07) is 17.3. The Balaban J connectivity index is 1.51. The van der Waals surface area contributed by atoms with Crippen LogP contribution in [0.5, 0.6) is 5.75 Å². The third kappa shape index (κ3) is 7.60. The molecule has 0 fully saturated rings. The van der Waals surface area contributed by atoms with Gasteiger partial charge in [-0.2, -0.15) is 13.2 Å². The number of alkyl halides is 3. The maximum atomic E-state index is 13.0. The Morgan fingerprint density at radius 2 is 1.63 bits per heavy atom. The number of esters is 1. The van der Waals surface area contributed by atoms with Gasteiger partial charge in [0, 0.05) is 12.1 Å². The van der Waals surface area contributed by atoms with E-state index in [-0.39, 0.29) is 12.5 Å². The number of carbonyl (C=O) groups is 2. The van der Waals surface area contributed by atoms with Crippen LogP contribution in [0.25, 0.3) is 11.1 Å². The monoisotopic (exact) mass is 527 g/mol. The smallest absolute Gasteiger partial charge is 0.416 e. The lowest BCUT2D eigenvalue weighted by Crippen LogP contribution is -2.39. The second kappa shape index (κ2) is 12.2. The SMILES string of the molecule is CCOC(=O)C(C)(C)Oc1ccc(CCCNC(=O)c2ccc(-c3cccc(C(F)(F)F)c3)cc2)cc1C. The van der Waals surface area contributed by atoms with Crippen molar-refractivity contribution in [1.29, 1.82) is 0 Å². The molecule has 5 nitrogen and oxygen atoms in total. The molecule has 0 aliphatic heterocycles. The molecular formula is C30H32F3NO4. The number of amides is 1. The van der Waals surface area contributed by atoms with Gasteiger partial charge in [0.1, 0.15) is 5.75 Å². The molecule has 0 unspecified atom stereocenters. The fourth-order valence-corrected chi connectivity index (χ4v) is 3.89. The van der Waals surface area contributed by atoms with E-state index in [9.17, 15) is 22.8 Å². The zero-order valence-electron chi connectivity index (χ0n) is 21.9. The second-order valence-electron chi connectivity index (χ2n) is 9.45. The van der Waals surface area contributed by atoms with Gasteiger partial charge in [-0.15, -0.1) is 0 Å². The van der Waals surface area contributed by atoms with Crippen molar-refractivity contribution in [2.24, 2.45) is 0 Å². The molecular weight excluding hydrogens is 495 g/mol. The molecule has 0 aromatic heterocycles. The van der Waals surface area contributed by atoms with Gasteiger partial charge in [0.15, 0.2) is 5.60 Å². The minimum atomic E-state index is -4.41. The average Bonchev–Trinajstić information content (AvgIpc) is 2.88. The Bertz CT molecular complexity index is 1270. The van der Waals surface area contributed by atoms with E-state index in [4.69, 9.17) is 9.47 Å². The van der Waals surface area contributed by atoms with Crippen LogP contribution in [0.15, 0.2) is 66.7 Å². The normalized spacial score (nSPS) is 11.7. The maximum absolute atomic E-state index is 13.0. The summed E-state index contributed by atoms with van der Waals surface area (Å²) < 4.78 is 49.9. The molecule has 3 aromatic rings. The van der Waals surface area contributed by atoms with E-state index >= 15 is 0 Å². The highest BCUT2D eigenvalue weighted by Crippen LogP contribution is 2.32. The molecule has 0 aliphatic carbocycles. The van der Waals surface area contributed by atoms with Crippen LogP contribution in [-0.4, -0.2) is 30.6 Å². The molecule has 38 heavy (non-hydrogen) atoms. The van der Waals surface area contributed by atoms with Gasteiger partial charge in [-0.1, -0.05) is 36.4 Å². The van der Waals surface area contributed by atoms with Crippen molar-refractivity contribution < 1.29 is 32.2 Å². The number of benzene rings is 3. The Kier molecular flexibility index (Phi) is 9.20. The fourth-order valence-electron chi connectivity index (χ4n) is 3.89. The molecule has 8 heteroatoms. The van der Waals surface area contributed by atoms with Crippen molar-refractivity contribution in [1.82, 2.24) is 5.32 Å². The van der Waals surface area contributed by atoms with E-state index in [1.54, 1.807) is 51.1 Å². The molecule has 3 rings (SSSR count). The highest BCUT2D eigenvalue weighted by molar-refractivity contribution is 5.94. The van der Waals surface area contributed by atoms with E-state index < -0.39 is 23.3 Å². The lowest BCUT2D eigenvalue weighted by molar-refractivity contribution is -0.158. The average molecular weight is 528 g/mol. The maximum Gasteiger partial charge on any atom is 0.416 e. The molecule has 1 amide bonds. The summed E-state index contributed by atoms with van der Waals surface area (Å²) in [5.41, 5.74) is 1.62. The number of carbonyl (C=O) groups excluding carboxylic acids is 2. The summed E-state index contributed by atoms with van der Waals surface area (Å²) in [6.07, 6.45) is -2.97. The summed E-state index contributed by atoms with van der Waals surface area (Å²) in [7, 11) is 0. The third-order valence-corrected chi connectivity index (χ3v) is 5.97. The predicted octanol–water partition coefficient (Wildman–Crippen LogP) is 6.76. The quantitative estimate of drug-likeness (QED) is 0.234. The number of halogens is 3. The Morgan fingerprint density at radius 3 is 2.26 bits per heavy atom. The van der Waals surface area contributed by atoms with Crippen LogP contribution in [0.4, 0.5) is 13.2 Å². The van der Waals surface area contributed by atoms with Crippen LogP contribution in [0, 0.1) is 6.92 Å². The van der Waals surface area contributed by atoms with Gasteiger partial charge in [-0.05, 0) is 93.1 Å². The van der Waals surface area contributed by atoms with Gasteiger partial charge in [0.25, 0.3) is 5.91 Å². The first-order chi connectivity index (χ1) is 17.9. The highest BCUT2D eigenvalue weighted by atomic mass is 19.4. The summed E-state index contributed by atoms with van der Waals surface area (Å²) >= 11 is 0. The summed E-state index contributed by atoms with van der Waals surface area (Å²) in [5, 5.41) is 2.88. The van der Waals surface area contributed by atoms with E-state index in [2.05, 4.69) is 5.32 Å². The second-order valence-corrected chi connectivity index (χ2v) is 9.45. The van der Waals surface area contributed by atoms with Crippen LogP contribution in [0.1, 0.15) is 54.2 Å². The molecule has 0 saturated carbocycles. The van der Waals surface area contributed by atoms with Gasteiger partial charge in [-0.25, -0.2) is 4.79 Å². The molecule has 0 saturated heterocycles. The third-order valence-electron chi connectivity index (χ3n) is 5.97. The van der Waals surface area contributed by atoms with Crippen molar-refractivity contribution in [2.75, 3.05) is 13.2 Å². The summed E-state index contributed by atoms with van der Waals surface area (Å²) in [5.74, 6) is -0.0695. The highest BCUT2D eigenvalue weighted by Gasteiger charge is 2.32. The number of ether oxygens (including phenoxy) is 2. The molecule has 0 spiro atoms. The van der Waals surface area contributed by atoms with Crippen LogP contribution in [0.2, 0.25) is 0 Å². The standard InChI is InChI=1S/C30H32F3NO4/c1-5-37-28(36)29(3,4)38-26-16-11-21(18-20(26)2)8-7-17-34-27(35)23-14-12-22(13-15-23)24-9-6-10-25(19-24)30(31,32)33/h6,9-16,18-19H,5,7-8,17H2,1-4H3,(H,34,35). The van der Waals surface area contributed by atoms with E-state index in [0.29, 0.717) is 35.4 Å². The van der Waals surface area contributed by atoms with Crippen LogP contribution in [-0.2, 0) is 22.1 Å². The van der Waals surface area contributed by atoms with Crippen molar-refractivity contribution in [3.8, 4) is 16.9 Å². The van der Waals surface area contributed by atoms with Crippen molar-refractivity contribution >= 4 is 11.9 Å². The molecule has 0 atom stereocenters. The van der Waals surface area contributed by atoms with E-state index in [0.717, 1.165) is 29.7 Å². The van der Waals surface area contributed by atoms with E-state index in [1.807, 2.05) is 25.1 Å². The molecule has 3 aromatic carbocycles. The van der Waals surface area contributed by atoms with Crippen LogP contribution in [0.3, 0.4) is 0 Å². The first-order valence-electron chi connectivity index (χ1n) is 12.4. The molecule has 0 bridgehead atoms. The lowest BCUT2D eigenvalue weighted by Gasteiger charge is -2.25. The molecule has 1 N–H and O–H groups in total. The molecule has 0 aliphatic rings. The predicted molar refractivity (Wildman–Crippen MR) is 140 cm³/mol. The lowest BCUT2D eigenvalue weighted by atomic mass is 10.0. The van der Waals surface area contributed by atoms with Gasteiger partial charge in [0.2, 0.25) is 0 Å². The Morgan fingerprint density at radius 1 is 0.921 bits per heavy atom.